The Labute approximate surface area is 208 Å². The first kappa shape index (κ1) is 22.2. The van der Waals surface area contributed by atoms with Gasteiger partial charge in [-0.25, -0.2) is 4.98 Å². The Morgan fingerprint density at radius 1 is 1.06 bits per heavy atom. The van der Waals surface area contributed by atoms with Crippen LogP contribution in [0.1, 0.15) is 5.56 Å². The first-order chi connectivity index (χ1) is 14.9. The van der Waals surface area contributed by atoms with E-state index >= 15 is 0 Å². The van der Waals surface area contributed by atoms with Crippen molar-refractivity contribution in [1.29, 1.82) is 0 Å². The Hall–Kier alpha value is -2.00. The number of anilines is 1. The highest BCUT2D eigenvalue weighted by molar-refractivity contribution is 9.11. The van der Waals surface area contributed by atoms with E-state index in [2.05, 4.69) is 53.1 Å². The minimum atomic E-state index is -0.257. The number of carbonyl (C=O) groups excluding carboxylic acids is 1. The van der Waals surface area contributed by atoms with Crippen LogP contribution in [0.25, 0.3) is 26.9 Å². The first-order valence-electron chi connectivity index (χ1n) is 9.12. The summed E-state index contributed by atoms with van der Waals surface area (Å²) in [6, 6.07) is 17.5. The topological polar surface area (TPSA) is 51.2 Å². The molecule has 0 spiro atoms. The Morgan fingerprint density at radius 3 is 2.65 bits per heavy atom. The Bertz CT molecular complexity index is 1280. The monoisotopic (exact) mass is 620 g/mol. The zero-order chi connectivity index (χ0) is 22.0. The van der Waals surface area contributed by atoms with Crippen LogP contribution in [0.15, 0.2) is 74.1 Å². The summed E-state index contributed by atoms with van der Waals surface area (Å²) >= 11 is 12.1. The number of fused-ring (bicyclic) bond motifs is 1. The minimum Gasteiger partial charge on any atom is -0.496 e. The molecule has 0 saturated heterocycles. The molecule has 8 heteroatoms. The summed E-state index contributed by atoms with van der Waals surface area (Å²) in [7, 11) is 1.60. The van der Waals surface area contributed by atoms with Crippen molar-refractivity contribution in [3.63, 3.8) is 0 Å². The van der Waals surface area contributed by atoms with Crippen LogP contribution in [0.2, 0.25) is 0 Å². The number of hydrogen-bond acceptors (Lipinski definition) is 4. The fraction of sp³-hybridized carbons (Fsp3) is 0.0435. The summed E-state index contributed by atoms with van der Waals surface area (Å²) in [5, 5.41) is 3.82. The number of nitrogens with zero attached hydrogens (tertiary/aromatic N) is 1. The van der Waals surface area contributed by atoms with Crippen LogP contribution < -0.4 is 10.1 Å². The molecule has 1 aromatic heterocycles. The van der Waals surface area contributed by atoms with Crippen LogP contribution in [0, 0.1) is 0 Å². The van der Waals surface area contributed by atoms with E-state index in [0.717, 1.165) is 39.8 Å². The van der Waals surface area contributed by atoms with Gasteiger partial charge in [0.2, 0.25) is 5.91 Å². The number of nitrogens with one attached hydrogen (secondary N) is 1. The van der Waals surface area contributed by atoms with E-state index in [1.54, 1.807) is 24.5 Å². The van der Waals surface area contributed by atoms with Crippen LogP contribution in [-0.4, -0.2) is 18.0 Å². The van der Waals surface area contributed by atoms with Gasteiger partial charge in [0.15, 0.2) is 0 Å². The van der Waals surface area contributed by atoms with E-state index in [1.807, 2.05) is 54.6 Å². The number of carbonyl (C=O) groups is 1. The number of hydrogen-bond donors (Lipinski definition) is 1. The van der Waals surface area contributed by atoms with Crippen LogP contribution in [0.5, 0.6) is 5.75 Å². The molecular formula is C23H15Br3N2O2S. The van der Waals surface area contributed by atoms with Crippen molar-refractivity contribution in [2.75, 3.05) is 12.4 Å². The molecule has 0 fully saturated rings. The summed E-state index contributed by atoms with van der Waals surface area (Å²) in [6.07, 6.45) is 3.21. The fourth-order valence-corrected chi connectivity index (χ4v) is 5.71. The lowest BCUT2D eigenvalue weighted by molar-refractivity contribution is -0.111. The highest BCUT2D eigenvalue weighted by Crippen LogP contribution is 2.40. The Kier molecular flexibility index (Phi) is 6.91. The third-order valence-electron chi connectivity index (χ3n) is 4.43. The lowest BCUT2D eigenvalue weighted by Crippen LogP contribution is -2.09. The molecule has 4 rings (SSSR count). The summed E-state index contributed by atoms with van der Waals surface area (Å²) in [5.41, 5.74) is 3.23. The van der Waals surface area contributed by atoms with Gasteiger partial charge in [0.25, 0.3) is 0 Å². The van der Waals surface area contributed by atoms with Crippen LogP contribution in [-0.2, 0) is 4.79 Å². The SMILES string of the molecule is COc1ccc(Br)cc1/C=C/C(=O)Nc1c(Br)cc(Br)cc1-c1nc2ccccc2s1. The van der Waals surface area contributed by atoms with Crippen molar-refractivity contribution in [3.05, 3.63) is 79.7 Å². The number of aromatic nitrogens is 1. The largest absolute Gasteiger partial charge is 0.496 e. The maximum atomic E-state index is 12.8. The molecule has 1 amide bonds. The molecule has 0 atom stereocenters. The van der Waals surface area contributed by atoms with Gasteiger partial charge < -0.3 is 10.1 Å². The van der Waals surface area contributed by atoms with Crippen molar-refractivity contribution < 1.29 is 9.53 Å². The number of benzene rings is 3. The van der Waals surface area contributed by atoms with Crippen molar-refractivity contribution in [2.24, 2.45) is 0 Å². The third-order valence-corrected chi connectivity index (χ3v) is 7.08. The number of ether oxygens (including phenoxy) is 1. The number of thiazole rings is 1. The van der Waals surface area contributed by atoms with E-state index < -0.39 is 0 Å². The molecule has 0 aliphatic carbocycles. The molecule has 0 radical (unpaired) electrons. The molecule has 0 unspecified atom stereocenters. The summed E-state index contributed by atoms with van der Waals surface area (Å²) in [5.74, 6) is 0.430. The minimum absolute atomic E-state index is 0.257. The Balaban J connectivity index is 1.67. The molecule has 31 heavy (non-hydrogen) atoms. The number of amides is 1. The smallest absolute Gasteiger partial charge is 0.248 e. The average molecular weight is 623 g/mol. The molecule has 1 N–H and O–H groups in total. The maximum absolute atomic E-state index is 12.8. The van der Waals surface area contributed by atoms with Gasteiger partial charge in [-0.3, -0.25) is 4.79 Å². The lowest BCUT2D eigenvalue weighted by atomic mass is 10.1. The molecule has 0 saturated carbocycles. The molecule has 3 aromatic carbocycles. The fourth-order valence-electron chi connectivity index (χ4n) is 3.02. The summed E-state index contributed by atoms with van der Waals surface area (Å²) in [4.78, 5) is 17.5. The summed E-state index contributed by atoms with van der Waals surface area (Å²) < 4.78 is 9.01. The number of methoxy groups -OCH3 is 1. The summed E-state index contributed by atoms with van der Waals surface area (Å²) in [6.45, 7) is 0. The highest BCUT2D eigenvalue weighted by atomic mass is 79.9. The van der Waals surface area contributed by atoms with Crippen LogP contribution >= 0.6 is 59.1 Å². The second-order valence-corrected chi connectivity index (χ2v) is 10.2. The lowest BCUT2D eigenvalue weighted by Gasteiger charge is -2.11. The van der Waals surface area contributed by atoms with E-state index in [4.69, 9.17) is 9.72 Å². The van der Waals surface area contributed by atoms with Crippen LogP contribution in [0.4, 0.5) is 5.69 Å². The number of halogens is 3. The van der Waals surface area contributed by atoms with Crippen molar-refractivity contribution in [1.82, 2.24) is 4.98 Å². The first-order valence-corrected chi connectivity index (χ1v) is 12.3. The van der Waals surface area contributed by atoms with Gasteiger partial charge in [-0.2, -0.15) is 0 Å². The van der Waals surface area contributed by atoms with Crippen molar-refractivity contribution in [3.8, 4) is 16.3 Å². The highest BCUT2D eigenvalue weighted by Gasteiger charge is 2.16. The van der Waals surface area contributed by atoms with Gasteiger partial charge in [-0.15, -0.1) is 11.3 Å². The van der Waals surface area contributed by atoms with Gasteiger partial charge in [-0.1, -0.05) is 44.0 Å². The molecule has 0 aliphatic heterocycles. The van der Waals surface area contributed by atoms with Gasteiger partial charge in [0.05, 0.1) is 23.0 Å². The molecule has 156 valence electrons. The normalized spacial score (nSPS) is 11.2. The van der Waals surface area contributed by atoms with Gasteiger partial charge in [0, 0.05) is 30.6 Å². The zero-order valence-electron chi connectivity index (χ0n) is 16.2. The second kappa shape index (κ2) is 9.65. The zero-order valence-corrected chi connectivity index (χ0v) is 21.7. The predicted molar refractivity (Wildman–Crippen MR) is 139 cm³/mol. The molecule has 4 nitrogen and oxygen atoms in total. The second-order valence-electron chi connectivity index (χ2n) is 6.51. The number of para-hydroxylation sites is 1. The van der Waals surface area contributed by atoms with Gasteiger partial charge >= 0.3 is 0 Å². The molecule has 1 heterocycles. The molecule has 0 aliphatic rings. The molecular weight excluding hydrogens is 608 g/mol. The van der Waals surface area contributed by atoms with Crippen molar-refractivity contribution >= 4 is 87.0 Å². The number of rotatable bonds is 5. The Morgan fingerprint density at radius 2 is 1.87 bits per heavy atom. The average Bonchev–Trinajstić information content (AvgIpc) is 3.18. The van der Waals surface area contributed by atoms with E-state index in [1.165, 1.54) is 6.08 Å². The van der Waals surface area contributed by atoms with E-state index in [-0.39, 0.29) is 5.91 Å². The van der Waals surface area contributed by atoms with E-state index in [9.17, 15) is 4.79 Å². The van der Waals surface area contributed by atoms with Gasteiger partial charge in [-0.05, 0) is 64.5 Å². The molecule has 4 aromatic rings. The molecule has 0 bridgehead atoms. The van der Waals surface area contributed by atoms with Crippen molar-refractivity contribution in [2.45, 2.75) is 0 Å². The predicted octanol–water partition coefficient (Wildman–Crippen LogP) is 7.91. The van der Waals surface area contributed by atoms with Gasteiger partial charge in [0.1, 0.15) is 10.8 Å². The quantitative estimate of drug-likeness (QED) is 0.230. The third kappa shape index (κ3) is 5.09. The maximum Gasteiger partial charge on any atom is 0.248 e. The standard InChI is InChI=1S/C23H15Br3N2O2S/c1-30-19-8-7-14(24)10-13(19)6-9-21(29)28-22-16(11-15(25)12-17(22)26)23-27-18-4-2-3-5-20(18)31-23/h2-12H,1H3,(H,28,29)/b9-6+. The van der Waals surface area contributed by atoms with Crippen LogP contribution in [0.3, 0.4) is 0 Å². The van der Waals surface area contributed by atoms with E-state index in [0.29, 0.717) is 11.4 Å².